The highest BCUT2D eigenvalue weighted by molar-refractivity contribution is 7.80. The molecule has 0 saturated heterocycles. The average molecular weight is 420 g/mol. The van der Waals surface area contributed by atoms with E-state index in [0.717, 1.165) is 22.8 Å². The van der Waals surface area contributed by atoms with Gasteiger partial charge in [0.15, 0.2) is 5.11 Å². The molecule has 0 spiro atoms. The molecule has 5 nitrogen and oxygen atoms in total. The minimum Gasteiger partial charge on any atom is -0.350 e. The second-order valence-electron chi connectivity index (χ2n) is 7.18. The van der Waals surface area contributed by atoms with Crippen LogP contribution in [0.15, 0.2) is 66.7 Å². The number of anilines is 1. The Labute approximate surface area is 181 Å². The third-order valence-corrected chi connectivity index (χ3v) is 5.06. The van der Waals surface area contributed by atoms with Crippen LogP contribution in [0.25, 0.3) is 10.8 Å². The highest BCUT2D eigenvalue weighted by atomic mass is 32.1. The number of rotatable bonds is 6. The number of nitrogens with one attached hydrogen (secondary N) is 3. The Morgan fingerprint density at radius 3 is 2.53 bits per heavy atom. The highest BCUT2D eigenvalue weighted by Gasteiger charge is 2.11. The van der Waals surface area contributed by atoms with Gasteiger partial charge in [-0.15, -0.1) is 0 Å². The normalized spacial score (nSPS) is 11.5. The summed E-state index contributed by atoms with van der Waals surface area (Å²) in [7, 11) is 0. The van der Waals surface area contributed by atoms with Crippen LogP contribution in [-0.4, -0.2) is 23.0 Å². The van der Waals surface area contributed by atoms with Crippen LogP contribution < -0.4 is 16.0 Å². The van der Waals surface area contributed by atoms with E-state index in [9.17, 15) is 9.59 Å². The Morgan fingerprint density at radius 2 is 1.73 bits per heavy atom. The summed E-state index contributed by atoms with van der Waals surface area (Å²) in [5.41, 5.74) is 2.12. The van der Waals surface area contributed by atoms with E-state index in [1.54, 1.807) is 24.3 Å². The summed E-state index contributed by atoms with van der Waals surface area (Å²) in [6.07, 6.45) is 1.08. The van der Waals surface area contributed by atoms with E-state index in [1.807, 2.05) is 56.3 Å². The predicted octanol–water partition coefficient (Wildman–Crippen LogP) is 4.42. The van der Waals surface area contributed by atoms with Crippen molar-refractivity contribution in [3.05, 3.63) is 77.9 Å². The molecule has 1 atom stereocenters. The van der Waals surface area contributed by atoms with Crippen molar-refractivity contribution < 1.29 is 9.59 Å². The molecular formula is C24H25N3O2S. The molecule has 30 heavy (non-hydrogen) atoms. The summed E-state index contributed by atoms with van der Waals surface area (Å²) < 4.78 is 0. The van der Waals surface area contributed by atoms with E-state index in [2.05, 4.69) is 16.0 Å². The maximum Gasteiger partial charge on any atom is 0.251 e. The Balaban J connectivity index is 1.61. The van der Waals surface area contributed by atoms with Crippen molar-refractivity contribution in [1.82, 2.24) is 10.6 Å². The van der Waals surface area contributed by atoms with Crippen LogP contribution in [0.1, 0.15) is 36.2 Å². The van der Waals surface area contributed by atoms with Gasteiger partial charge in [-0.25, -0.2) is 0 Å². The van der Waals surface area contributed by atoms with Crippen molar-refractivity contribution in [3.8, 4) is 0 Å². The van der Waals surface area contributed by atoms with Gasteiger partial charge in [0, 0.05) is 17.3 Å². The maximum atomic E-state index is 12.5. The van der Waals surface area contributed by atoms with Gasteiger partial charge >= 0.3 is 0 Å². The molecule has 2 amide bonds. The largest absolute Gasteiger partial charge is 0.350 e. The first-order valence-electron chi connectivity index (χ1n) is 9.94. The van der Waals surface area contributed by atoms with E-state index >= 15 is 0 Å². The van der Waals surface area contributed by atoms with Crippen molar-refractivity contribution in [2.45, 2.75) is 32.7 Å². The quantitative estimate of drug-likeness (QED) is 0.517. The fraction of sp³-hybridized carbons (Fsp3) is 0.208. The second kappa shape index (κ2) is 9.98. The molecule has 0 radical (unpaired) electrons. The second-order valence-corrected chi connectivity index (χ2v) is 7.59. The molecule has 0 aliphatic heterocycles. The molecule has 0 bridgehead atoms. The lowest BCUT2D eigenvalue weighted by atomic mass is 10.0. The zero-order valence-corrected chi connectivity index (χ0v) is 17.9. The van der Waals surface area contributed by atoms with E-state index in [0.29, 0.717) is 11.3 Å². The summed E-state index contributed by atoms with van der Waals surface area (Å²) in [5.74, 6) is -0.339. The number of benzene rings is 3. The Morgan fingerprint density at radius 1 is 1.00 bits per heavy atom. The molecule has 0 fully saturated rings. The summed E-state index contributed by atoms with van der Waals surface area (Å²) in [5, 5.41) is 11.0. The molecule has 154 valence electrons. The Kier molecular flexibility index (Phi) is 7.14. The Hall–Kier alpha value is -3.25. The van der Waals surface area contributed by atoms with Crippen molar-refractivity contribution in [2.24, 2.45) is 0 Å². The molecule has 0 aliphatic rings. The number of thiocarbonyl (C=S) groups is 1. The summed E-state index contributed by atoms with van der Waals surface area (Å²) >= 11 is 5.28. The molecule has 3 aromatic carbocycles. The topological polar surface area (TPSA) is 70.2 Å². The first kappa shape index (κ1) is 21.5. The van der Waals surface area contributed by atoms with Crippen LogP contribution in [0.3, 0.4) is 0 Å². The number of carbonyl (C=O) groups excluding carboxylic acids is 2. The SMILES string of the molecule is CCC(C)NC(=O)c1cccc(NC(=S)NC(=O)Cc2cccc3ccccc23)c1. The number of carbonyl (C=O) groups is 2. The van der Waals surface area contributed by atoms with Crippen LogP contribution in [0.5, 0.6) is 0 Å². The number of hydrogen-bond donors (Lipinski definition) is 3. The monoisotopic (exact) mass is 419 g/mol. The van der Waals surface area contributed by atoms with Gasteiger partial charge in [0.2, 0.25) is 5.91 Å². The van der Waals surface area contributed by atoms with E-state index in [4.69, 9.17) is 12.2 Å². The van der Waals surface area contributed by atoms with Gasteiger partial charge in [-0.2, -0.15) is 0 Å². The van der Waals surface area contributed by atoms with Crippen LogP contribution >= 0.6 is 12.2 Å². The van der Waals surface area contributed by atoms with Crippen LogP contribution in [-0.2, 0) is 11.2 Å². The first-order valence-corrected chi connectivity index (χ1v) is 10.4. The summed E-state index contributed by atoms with van der Waals surface area (Å²) in [6.45, 7) is 3.98. The van der Waals surface area contributed by atoms with E-state index in [1.165, 1.54) is 0 Å². The lowest BCUT2D eigenvalue weighted by molar-refractivity contribution is -0.119. The number of hydrogen-bond acceptors (Lipinski definition) is 3. The Bertz CT molecular complexity index is 1080. The summed E-state index contributed by atoms with van der Waals surface area (Å²) in [4.78, 5) is 24.8. The van der Waals surface area contributed by atoms with Gasteiger partial charge in [-0.3, -0.25) is 9.59 Å². The molecule has 6 heteroatoms. The minimum absolute atomic E-state index is 0.101. The van der Waals surface area contributed by atoms with Gasteiger partial charge < -0.3 is 16.0 Å². The van der Waals surface area contributed by atoms with Gasteiger partial charge in [0.25, 0.3) is 5.91 Å². The molecule has 0 heterocycles. The van der Waals surface area contributed by atoms with Crippen molar-refractivity contribution in [1.29, 1.82) is 0 Å². The third kappa shape index (κ3) is 5.64. The van der Waals surface area contributed by atoms with Crippen molar-refractivity contribution in [3.63, 3.8) is 0 Å². The first-order chi connectivity index (χ1) is 14.5. The standard InChI is InChI=1S/C24H25N3O2S/c1-3-16(2)25-23(29)19-11-7-12-20(14-19)26-24(30)27-22(28)15-18-10-6-9-17-8-4-5-13-21(17)18/h4-14,16H,3,15H2,1-2H3,(H,25,29)(H2,26,27,28,30). The van der Waals surface area contributed by atoms with Gasteiger partial charge in [-0.1, -0.05) is 55.5 Å². The van der Waals surface area contributed by atoms with Crippen LogP contribution in [0.4, 0.5) is 5.69 Å². The van der Waals surface area contributed by atoms with Crippen molar-refractivity contribution >= 4 is 45.6 Å². The fourth-order valence-corrected chi connectivity index (χ4v) is 3.33. The maximum absolute atomic E-state index is 12.5. The summed E-state index contributed by atoms with van der Waals surface area (Å²) in [6, 6.07) is 21.0. The highest BCUT2D eigenvalue weighted by Crippen LogP contribution is 2.19. The average Bonchev–Trinajstić information content (AvgIpc) is 2.74. The smallest absolute Gasteiger partial charge is 0.251 e. The molecule has 1 unspecified atom stereocenters. The number of fused-ring (bicyclic) bond motifs is 1. The van der Waals surface area contributed by atoms with Gasteiger partial charge in [-0.05, 0) is 60.1 Å². The minimum atomic E-state index is -0.200. The lowest BCUT2D eigenvalue weighted by Crippen LogP contribution is -2.35. The van der Waals surface area contributed by atoms with E-state index in [-0.39, 0.29) is 29.4 Å². The molecule has 0 aliphatic carbocycles. The molecule has 3 rings (SSSR count). The molecule has 0 aromatic heterocycles. The third-order valence-electron chi connectivity index (χ3n) is 4.86. The zero-order chi connectivity index (χ0) is 21.5. The van der Waals surface area contributed by atoms with Crippen molar-refractivity contribution in [2.75, 3.05) is 5.32 Å². The molecule has 3 N–H and O–H groups in total. The fourth-order valence-electron chi connectivity index (χ4n) is 3.10. The van der Waals surface area contributed by atoms with E-state index < -0.39 is 0 Å². The molecular weight excluding hydrogens is 394 g/mol. The molecule has 3 aromatic rings. The van der Waals surface area contributed by atoms with Gasteiger partial charge in [0.1, 0.15) is 0 Å². The predicted molar refractivity (Wildman–Crippen MR) is 126 cm³/mol. The van der Waals surface area contributed by atoms with Crippen LogP contribution in [0.2, 0.25) is 0 Å². The van der Waals surface area contributed by atoms with Crippen LogP contribution in [0, 0.1) is 0 Å². The van der Waals surface area contributed by atoms with Gasteiger partial charge in [0.05, 0.1) is 6.42 Å². The zero-order valence-electron chi connectivity index (χ0n) is 17.1. The molecule has 0 saturated carbocycles. The lowest BCUT2D eigenvalue weighted by Gasteiger charge is -2.13. The number of amides is 2.